The fraction of sp³-hybridized carbons (Fsp3) is 0.174. The molecule has 4 aromatic rings. The molecule has 1 N–H and O–H groups in total. The van der Waals surface area contributed by atoms with Crippen molar-refractivity contribution in [2.45, 2.75) is 20.0 Å². The molecule has 1 aromatic heterocycles. The van der Waals surface area contributed by atoms with Gasteiger partial charge in [-0.05, 0) is 37.6 Å². The van der Waals surface area contributed by atoms with Gasteiger partial charge >= 0.3 is 0 Å². The summed E-state index contributed by atoms with van der Waals surface area (Å²) in [5.41, 5.74) is 2.99. The summed E-state index contributed by atoms with van der Waals surface area (Å²) in [4.78, 5) is 12.7. The van der Waals surface area contributed by atoms with Crippen LogP contribution < -0.4 is 14.8 Å². The number of amides is 1. The van der Waals surface area contributed by atoms with E-state index in [0.29, 0.717) is 22.8 Å². The van der Waals surface area contributed by atoms with Gasteiger partial charge < -0.3 is 19.2 Å². The van der Waals surface area contributed by atoms with Gasteiger partial charge in [-0.2, -0.15) is 0 Å². The third-order valence-corrected chi connectivity index (χ3v) is 4.72. The molecule has 4 rings (SSSR count). The first-order valence-electron chi connectivity index (χ1n) is 9.09. The number of anilines is 1. The minimum atomic E-state index is -0.669. The van der Waals surface area contributed by atoms with Crippen molar-refractivity contribution in [2.75, 3.05) is 12.4 Å². The van der Waals surface area contributed by atoms with Gasteiger partial charge in [0.1, 0.15) is 22.7 Å². The monoisotopic (exact) mass is 375 g/mol. The highest BCUT2D eigenvalue weighted by Crippen LogP contribution is 2.36. The lowest BCUT2D eigenvalue weighted by Gasteiger charge is -2.17. The average molecular weight is 375 g/mol. The van der Waals surface area contributed by atoms with Crippen molar-refractivity contribution in [2.24, 2.45) is 0 Å². The summed E-state index contributed by atoms with van der Waals surface area (Å²) in [6.07, 6.45) is -0.669. The lowest BCUT2D eigenvalue weighted by Crippen LogP contribution is -2.30. The standard InChI is InChI=1S/C23H21NO4/c1-14-8-4-6-10-19(14)27-15(2)23(25)24-18-13-21-17(12-22(18)26-3)16-9-5-7-11-20(16)28-21/h4-13,15H,1-3H3,(H,24,25). The highest BCUT2D eigenvalue weighted by atomic mass is 16.5. The Kier molecular flexibility index (Phi) is 4.65. The van der Waals surface area contributed by atoms with E-state index >= 15 is 0 Å². The average Bonchev–Trinajstić information content (AvgIpc) is 3.06. The molecule has 0 aliphatic heterocycles. The van der Waals surface area contributed by atoms with Gasteiger partial charge in [0.15, 0.2) is 6.10 Å². The number of carbonyl (C=O) groups excluding carboxylic acids is 1. The number of benzene rings is 3. The fourth-order valence-electron chi connectivity index (χ4n) is 3.19. The summed E-state index contributed by atoms with van der Waals surface area (Å²) in [6.45, 7) is 3.66. The van der Waals surface area contributed by atoms with Gasteiger partial charge in [0, 0.05) is 16.8 Å². The van der Waals surface area contributed by atoms with E-state index in [1.165, 1.54) is 0 Å². The van der Waals surface area contributed by atoms with E-state index < -0.39 is 6.10 Å². The number of hydrogen-bond donors (Lipinski definition) is 1. The predicted molar refractivity (Wildman–Crippen MR) is 110 cm³/mol. The van der Waals surface area contributed by atoms with Gasteiger partial charge in [-0.3, -0.25) is 4.79 Å². The summed E-state index contributed by atoms with van der Waals surface area (Å²) in [7, 11) is 1.58. The summed E-state index contributed by atoms with van der Waals surface area (Å²) in [6, 6.07) is 19.1. The Morgan fingerprint density at radius 1 is 0.964 bits per heavy atom. The molecule has 5 nitrogen and oxygen atoms in total. The first-order chi connectivity index (χ1) is 13.6. The quantitative estimate of drug-likeness (QED) is 0.514. The first-order valence-corrected chi connectivity index (χ1v) is 9.09. The van der Waals surface area contributed by atoms with E-state index in [0.717, 1.165) is 21.9 Å². The summed E-state index contributed by atoms with van der Waals surface area (Å²) >= 11 is 0. The zero-order valence-corrected chi connectivity index (χ0v) is 16.0. The number of carbonyl (C=O) groups is 1. The molecule has 0 spiro atoms. The molecule has 1 atom stereocenters. The van der Waals surface area contributed by atoms with Crippen LogP contribution in [0.15, 0.2) is 65.1 Å². The Morgan fingerprint density at radius 3 is 2.50 bits per heavy atom. The molecule has 142 valence electrons. The molecule has 0 saturated heterocycles. The van der Waals surface area contributed by atoms with Crippen molar-refractivity contribution in [3.63, 3.8) is 0 Å². The Balaban J connectivity index is 1.62. The van der Waals surface area contributed by atoms with Crippen LogP contribution in [-0.4, -0.2) is 19.1 Å². The number of fused-ring (bicyclic) bond motifs is 3. The number of methoxy groups -OCH3 is 1. The van der Waals surface area contributed by atoms with Crippen LogP contribution in [0.5, 0.6) is 11.5 Å². The molecule has 0 aliphatic carbocycles. The smallest absolute Gasteiger partial charge is 0.265 e. The number of rotatable bonds is 5. The van der Waals surface area contributed by atoms with Gasteiger partial charge in [0.2, 0.25) is 0 Å². The van der Waals surface area contributed by atoms with E-state index in [2.05, 4.69) is 5.32 Å². The number of furan rings is 1. The Morgan fingerprint density at radius 2 is 1.71 bits per heavy atom. The van der Waals surface area contributed by atoms with Crippen LogP contribution in [0, 0.1) is 6.92 Å². The van der Waals surface area contributed by atoms with Crippen LogP contribution in [0.25, 0.3) is 21.9 Å². The topological polar surface area (TPSA) is 60.7 Å². The van der Waals surface area contributed by atoms with E-state index in [4.69, 9.17) is 13.9 Å². The number of ether oxygens (including phenoxy) is 2. The lowest BCUT2D eigenvalue weighted by molar-refractivity contribution is -0.122. The molecule has 0 fully saturated rings. The molecule has 28 heavy (non-hydrogen) atoms. The van der Waals surface area contributed by atoms with Crippen LogP contribution in [0.4, 0.5) is 5.69 Å². The zero-order chi connectivity index (χ0) is 19.7. The van der Waals surface area contributed by atoms with Crippen molar-refractivity contribution in [3.05, 3.63) is 66.2 Å². The van der Waals surface area contributed by atoms with Gasteiger partial charge in [-0.15, -0.1) is 0 Å². The third kappa shape index (κ3) is 3.27. The Labute approximate surface area is 162 Å². The Bertz CT molecular complexity index is 1160. The second kappa shape index (κ2) is 7.27. The van der Waals surface area contributed by atoms with Crippen molar-refractivity contribution < 1.29 is 18.7 Å². The maximum absolute atomic E-state index is 12.7. The number of nitrogens with one attached hydrogen (secondary N) is 1. The maximum Gasteiger partial charge on any atom is 0.265 e. The molecular formula is C23H21NO4. The molecular weight excluding hydrogens is 354 g/mol. The minimum absolute atomic E-state index is 0.267. The predicted octanol–water partition coefficient (Wildman–Crippen LogP) is 5.31. The molecule has 0 saturated carbocycles. The van der Waals surface area contributed by atoms with Crippen molar-refractivity contribution in [1.29, 1.82) is 0 Å². The van der Waals surface area contributed by atoms with Gasteiger partial charge in [0.25, 0.3) is 5.91 Å². The molecule has 1 heterocycles. The molecule has 0 radical (unpaired) electrons. The summed E-state index contributed by atoms with van der Waals surface area (Å²) < 4.78 is 17.2. The van der Waals surface area contributed by atoms with Crippen LogP contribution >= 0.6 is 0 Å². The summed E-state index contributed by atoms with van der Waals surface area (Å²) in [5.74, 6) is 0.984. The van der Waals surface area contributed by atoms with Crippen LogP contribution in [0.2, 0.25) is 0 Å². The number of para-hydroxylation sites is 2. The van der Waals surface area contributed by atoms with Crippen molar-refractivity contribution in [1.82, 2.24) is 0 Å². The molecule has 1 amide bonds. The molecule has 0 aliphatic rings. The molecule has 3 aromatic carbocycles. The van der Waals surface area contributed by atoms with Crippen molar-refractivity contribution >= 4 is 33.5 Å². The van der Waals surface area contributed by atoms with Crippen LogP contribution in [-0.2, 0) is 4.79 Å². The SMILES string of the molecule is COc1cc2c(cc1NC(=O)C(C)Oc1ccccc1C)oc1ccccc12. The fourth-order valence-corrected chi connectivity index (χ4v) is 3.19. The van der Waals surface area contributed by atoms with Gasteiger partial charge in [0.05, 0.1) is 12.8 Å². The third-order valence-electron chi connectivity index (χ3n) is 4.72. The van der Waals surface area contributed by atoms with E-state index in [1.54, 1.807) is 20.1 Å². The highest BCUT2D eigenvalue weighted by Gasteiger charge is 2.19. The van der Waals surface area contributed by atoms with Gasteiger partial charge in [-0.25, -0.2) is 0 Å². The van der Waals surface area contributed by atoms with E-state index in [1.807, 2.05) is 61.5 Å². The normalized spacial score (nSPS) is 12.1. The zero-order valence-electron chi connectivity index (χ0n) is 16.0. The Hall–Kier alpha value is -3.47. The maximum atomic E-state index is 12.7. The second-order valence-corrected chi connectivity index (χ2v) is 6.66. The molecule has 5 heteroatoms. The second-order valence-electron chi connectivity index (χ2n) is 6.66. The summed E-state index contributed by atoms with van der Waals surface area (Å²) in [5, 5.41) is 4.83. The van der Waals surface area contributed by atoms with E-state index in [-0.39, 0.29) is 5.91 Å². The number of aryl methyl sites for hydroxylation is 1. The van der Waals surface area contributed by atoms with Crippen LogP contribution in [0.3, 0.4) is 0 Å². The van der Waals surface area contributed by atoms with Crippen LogP contribution in [0.1, 0.15) is 12.5 Å². The minimum Gasteiger partial charge on any atom is -0.495 e. The molecule has 1 unspecified atom stereocenters. The highest BCUT2D eigenvalue weighted by molar-refractivity contribution is 6.08. The largest absolute Gasteiger partial charge is 0.495 e. The lowest BCUT2D eigenvalue weighted by atomic mass is 10.1. The molecule has 0 bridgehead atoms. The number of hydrogen-bond acceptors (Lipinski definition) is 4. The van der Waals surface area contributed by atoms with Crippen molar-refractivity contribution in [3.8, 4) is 11.5 Å². The van der Waals surface area contributed by atoms with E-state index in [9.17, 15) is 4.79 Å². The van der Waals surface area contributed by atoms with Gasteiger partial charge in [-0.1, -0.05) is 36.4 Å². The first kappa shape index (κ1) is 17.9.